The average molecular weight is 472 g/mol. The van der Waals surface area contributed by atoms with Gasteiger partial charge in [-0.2, -0.15) is 0 Å². The molecule has 9 nitrogen and oxygen atoms in total. The van der Waals surface area contributed by atoms with E-state index in [1.54, 1.807) is 12.1 Å². The third-order valence-corrected chi connectivity index (χ3v) is 5.77. The average Bonchev–Trinajstić information content (AvgIpc) is 2.87. The quantitative estimate of drug-likeness (QED) is 0.529. The summed E-state index contributed by atoms with van der Waals surface area (Å²) >= 11 is 0. The van der Waals surface area contributed by atoms with E-state index in [-0.39, 0.29) is 13.0 Å². The molecule has 0 atom stereocenters. The molecule has 34 heavy (non-hydrogen) atoms. The van der Waals surface area contributed by atoms with E-state index in [2.05, 4.69) is 22.0 Å². The molecule has 1 amide bonds. The first-order chi connectivity index (χ1) is 16.5. The van der Waals surface area contributed by atoms with Crippen molar-refractivity contribution in [2.24, 2.45) is 0 Å². The van der Waals surface area contributed by atoms with Gasteiger partial charge < -0.3 is 34.1 Å². The van der Waals surface area contributed by atoms with Crippen molar-refractivity contribution >= 4 is 23.3 Å². The number of nitrogens with one attached hydrogen (secondary N) is 1. The van der Waals surface area contributed by atoms with E-state index in [1.165, 1.54) is 21.3 Å². The molecule has 184 valence electrons. The lowest BCUT2D eigenvalue weighted by atomic mass is 10.1. The normalized spacial score (nSPS) is 13.8. The third-order valence-electron chi connectivity index (χ3n) is 5.77. The zero-order chi connectivity index (χ0) is 24.5. The van der Waals surface area contributed by atoms with Gasteiger partial charge in [0.1, 0.15) is 0 Å². The number of rotatable bonds is 10. The van der Waals surface area contributed by atoms with E-state index in [9.17, 15) is 9.59 Å². The van der Waals surface area contributed by atoms with E-state index >= 15 is 0 Å². The molecule has 1 aliphatic rings. The van der Waals surface area contributed by atoms with Crippen molar-refractivity contribution in [3.05, 3.63) is 42.0 Å². The number of carbonyl (C=O) groups excluding carboxylic acids is 2. The van der Waals surface area contributed by atoms with Gasteiger partial charge in [-0.05, 0) is 48.5 Å². The van der Waals surface area contributed by atoms with Crippen LogP contribution in [0.4, 0.5) is 11.4 Å². The topological polar surface area (TPSA) is 89.6 Å². The van der Waals surface area contributed by atoms with Gasteiger partial charge in [0.2, 0.25) is 5.75 Å². The van der Waals surface area contributed by atoms with Crippen LogP contribution in [0.2, 0.25) is 0 Å². The van der Waals surface area contributed by atoms with Gasteiger partial charge in [0.05, 0.1) is 27.8 Å². The highest BCUT2D eigenvalue weighted by molar-refractivity contribution is 5.93. The van der Waals surface area contributed by atoms with Gasteiger partial charge in [-0.1, -0.05) is 6.92 Å². The highest BCUT2D eigenvalue weighted by Gasteiger charge is 2.17. The molecule has 2 aromatic carbocycles. The van der Waals surface area contributed by atoms with Crippen LogP contribution in [0.5, 0.6) is 17.2 Å². The smallest absolute Gasteiger partial charge is 0.310 e. The number of benzene rings is 2. The predicted octanol–water partition coefficient (Wildman–Crippen LogP) is 2.58. The van der Waals surface area contributed by atoms with Gasteiger partial charge in [0.15, 0.2) is 18.1 Å². The fourth-order valence-corrected chi connectivity index (χ4v) is 3.88. The van der Waals surface area contributed by atoms with Crippen molar-refractivity contribution in [2.75, 3.05) is 70.9 Å². The lowest BCUT2D eigenvalue weighted by molar-refractivity contribution is -0.146. The molecule has 0 radical (unpaired) electrons. The van der Waals surface area contributed by atoms with E-state index in [1.807, 2.05) is 24.3 Å². The summed E-state index contributed by atoms with van der Waals surface area (Å²) in [4.78, 5) is 29.3. The van der Waals surface area contributed by atoms with Gasteiger partial charge in [0.25, 0.3) is 5.91 Å². The summed E-state index contributed by atoms with van der Waals surface area (Å²) in [6.07, 6.45) is -0.0377. The molecule has 9 heteroatoms. The summed E-state index contributed by atoms with van der Waals surface area (Å²) in [6, 6.07) is 11.0. The second-order valence-corrected chi connectivity index (χ2v) is 7.89. The highest BCUT2D eigenvalue weighted by Crippen LogP contribution is 2.38. The number of anilines is 2. The number of carbonyl (C=O) groups is 2. The standard InChI is InChI=1S/C25H33N3O6/c1-5-27-10-12-28(13-11-27)20-8-6-19(7-9-20)26-23(29)17-34-24(30)16-18-14-21(31-2)25(33-4)22(15-18)32-3/h6-9,14-15H,5,10-13,16-17H2,1-4H3,(H,26,29). The second kappa shape index (κ2) is 12.1. The minimum Gasteiger partial charge on any atom is -0.493 e. The summed E-state index contributed by atoms with van der Waals surface area (Å²) in [5.41, 5.74) is 2.41. The molecule has 1 saturated heterocycles. The van der Waals surface area contributed by atoms with Gasteiger partial charge >= 0.3 is 5.97 Å². The number of esters is 1. The maximum atomic E-state index is 12.3. The Balaban J connectivity index is 1.48. The molecule has 0 unspecified atom stereocenters. The Bertz CT molecular complexity index is 946. The summed E-state index contributed by atoms with van der Waals surface area (Å²) in [5, 5.41) is 2.76. The number of hydrogen-bond acceptors (Lipinski definition) is 8. The maximum absolute atomic E-state index is 12.3. The third kappa shape index (κ3) is 6.54. The Hall–Kier alpha value is -3.46. The van der Waals surface area contributed by atoms with Crippen molar-refractivity contribution in [3.8, 4) is 17.2 Å². The lowest BCUT2D eigenvalue weighted by Gasteiger charge is -2.35. The van der Waals surface area contributed by atoms with Crippen molar-refractivity contribution in [3.63, 3.8) is 0 Å². The van der Waals surface area contributed by atoms with Crippen molar-refractivity contribution in [1.29, 1.82) is 0 Å². The van der Waals surface area contributed by atoms with Crippen LogP contribution in [0.1, 0.15) is 12.5 Å². The number of piperazine rings is 1. The molecule has 0 saturated carbocycles. The summed E-state index contributed by atoms with van der Waals surface area (Å²) in [5.74, 6) is 0.389. The fraction of sp³-hybridized carbons (Fsp3) is 0.440. The van der Waals surface area contributed by atoms with Crippen LogP contribution < -0.4 is 24.4 Å². The molecule has 0 bridgehead atoms. The Morgan fingerprint density at radius 2 is 1.53 bits per heavy atom. The van der Waals surface area contributed by atoms with E-state index in [0.29, 0.717) is 28.5 Å². The van der Waals surface area contributed by atoms with E-state index in [4.69, 9.17) is 18.9 Å². The zero-order valence-electron chi connectivity index (χ0n) is 20.3. The molecule has 3 rings (SSSR count). The van der Waals surface area contributed by atoms with Gasteiger partial charge in [-0.15, -0.1) is 0 Å². The van der Waals surface area contributed by atoms with Crippen LogP contribution in [0.3, 0.4) is 0 Å². The van der Waals surface area contributed by atoms with Crippen LogP contribution >= 0.6 is 0 Å². The molecule has 0 spiro atoms. The van der Waals surface area contributed by atoms with Crippen LogP contribution in [0.15, 0.2) is 36.4 Å². The maximum Gasteiger partial charge on any atom is 0.310 e. The summed E-state index contributed by atoms with van der Waals surface area (Å²) in [7, 11) is 4.51. The van der Waals surface area contributed by atoms with Gasteiger partial charge in [-0.3, -0.25) is 9.59 Å². The van der Waals surface area contributed by atoms with Gasteiger partial charge in [-0.25, -0.2) is 0 Å². The van der Waals surface area contributed by atoms with Crippen LogP contribution in [-0.4, -0.2) is 77.4 Å². The van der Waals surface area contributed by atoms with Crippen molar-refractivity contribution in [2.45, 2.75) is 13.3 Å². The first kappa shape index (κ1) is 25.2. The Labute approximate surface area is 200 Å². The van der Waals surface area contributed by atoms with Crippen molar-refractivity contribution < 1.29 is 28.5 Å². The van der Waals surface area contributed by atoms with Crippen molar-refractivity contribution in [1.82, 2.24) is 4.90 Å². The number of nitrogens with zero attached hydrogens (tertiary/aromatic N) is 2. The fourth-order valence-electron chi connectivity index (χ4n) is 3.88. The molecule has 0 aromatic heterocycles. The number of amides is 1. The SMILES string of the molecule is CCN1CCN(c2ccc(NC(=O)COC(=O)Cc3cc(OC)c(OC)c(OC)c3)cc2)CC1. The Morgan fingerprint density at radius 3 is 2.06 bits per heavy atom. The number of hydrogen-bond donors (Lipinski definition) is 1. The first-order valence-electron chi connectivity index (χ1n) is 11.3. The van der Waals surface area contributed by atoms with Crippen LogP contribution in [0, 0.1) is 0 Å². The summed E-state index contributed by atoms with van der Waals surface area (Å²) in [6.45, 7) is 6.96. The molecule has 2 aromatic rings. The van der Waals surface area contributed by atoms with E-state index in [0.717, 1.165) is 38.4 Å². The summed E-state index contributed by atoms with van der Waals surface area (Å²) < 4.78 is 21.0. The van der Waals surface area contributed by atoms with Gasteiger partial charge in [0, 0.05) is 37.6 Å². The zero-order valence-corrected chi connectivity index (χ0v) is 20.3. The Kier molecular flexibility index (Phi) is 8.98. The largest absolute Gasteiger partial charge is 0.493 e. The Morgan fingerprint density at radius 1 is 0.912 bits per heavy atom. The first-order valence-corrected chi connectivity index (χ1v) is 11.3. The number of likely N-dealkylation sites (N-methyl/N-ethyl adjacent to an activating group) is 1. The molecular weight excluding hydrogens is 438 g/mol. The number of methoxy groups -OCH3 is 3. The van der Waals surface area contributed by atoms with E-state index < -0.39 is 11.9 Å². The minimum absolute atomic E-state index is 0.0377. The molecule has 1 N–H and O–H groups in total. The monoisotopic (exact) mass is 471 g/mol. The second-order valence-electron chi connectivity index (χ2n) is 7.89. The molecule has 1 fully saturated rings. The molecule has 1 aliphatic heterocycles. The highest BCUT2D eigenvalue weighted by atomic mass is 16.5. The predicted molar refractivity (Wildman–Crippen MR) is 130 cm³/mol. The lowest BCUT2D eigenvalue weighted by Crippen LogP contribution is -2.46. The molecule has 1 heterocycles. The van der Waals surface area contributed by atoms with Crippen LogP contribution in [0.25, 0.3) is 0 Å². The molecule has 0 aliphatic carbocycles. The number of ether oxygens (including phenoxy) is 4. The van der Waals surface area contributed by atoms with Crippen LogP contribution in [-0.2, 0) is 20.7 Å². The molecular formula is C25H33N3O6. The minimum atomic E-state index is -0.536.